The number of fused-ring (bicyclic) bond motifs is 3. The van der Waals surface area contributed by atoms with E-state index >= 15 is 0 Å². The van der Waals surface area contributed by atoms with Crippen LogP contribution in [0.5, 0.6) is 5.75 Å². The van der Waals surface area contributed by atoms with Gasteiger partial charge in [0, 0.05) is 18.0 Å². The van der Waals surface area contributed by atoms with Gasteiger partial charge in [0.05, 0.1) is 16.2 Å². The van der Waals surface area contributed by atoms with Crippen molar-refractivity contribution in [1.82, 2.24) is 4.72 Å². The van der Waals surface area contributed by atoms with Crippen LogP contribution in [-0.4, -0.2) is 20.9 Å². The van der Waals surface area contributed by atoms with E-state index in [1.807, 2.05) is 19.1 Å². The maximum Gasteiger partial charge on any atom is 0.344 e. The molecular weight excluding hydrogens is 478 g/mol. The molecule has 1 aromatic heterocycles. The molecule has 5 rings (SSSR count). The van der Waals surface area contributed by atoms with E-state index in [-0.39, 0.29) is 22.7 Å². The molecule has 0 amide bonds. The predicted octanol–water partition coefficient (Wildman–Crippen LogP) is 4.94. The van der Waals surface area contributed by atoms with E-state index in [1.54, 1.807) is 54.6 Å². The second-order valence-corrected chi connectivity index (χ2v) is 11.2. The molecular formula is C28H27NO6S. The molecule has 8 heteroatoms. The van der Waals surface area contributed by atoms with E-state index < -0.39 is 15.6 Å². The second-order valence-electron chi connectivity index (χ2n) is 9.40. The summed E-state index contributed by atoms with van der Waals surface area (Å²) in [6, 6.07) is 19.1. The monoisotopic (exact) mass is 505 g/mol. The van der Waals surface area contributed by atoms with Crippen molar-refractivity contribution in [2.45, 2.75) is 37.5 Å². The molecule has 0 bridgehead atoms. The number of hydrogen-bond acceptors (Lipinski definition) is 6. The van der Waals surface area contributed by atoms with Gasteiger partial charge in [0.15, 0.2) is 0 Å². The van der Waals surface area contributed by atoms with Crippen LogP contribution in [0.25, 0.3) is 21.7 Å². The molecule has 0 atom stereocenters. The summed E-state index contributed by atoms with van der Waals surface area (Å²) in [4.78, 5) is 25.3. The summed E-state index contributed by atoms with van der Waals surface area (Å²) >= 11 is 0. The predicted molar refractivity (Wildman–Crippen MR) is 137 cm³/mol. The van der Waals surface area contributed by atoms with Crippen LogP contribution >= 0.6 is 0 Å². The molecule has 36 heavy (non-hydrogen) atoms. The molecule has 0 saturated heterocycles. The van der Waals surface area contributed by atoms with Gasteiger partial charge < -0.3 is 9.15 Å². The quantitative estimate of drug-likeness (QED) is 0.172. The first-order valence-electron chi connectivity index (χ1n) is 12.0. The average molecular weight is 506 g/mol. The Morgan fingerprint density at radius 2 is 1.64 bits per heavy atom. The molecule has 186 valence electrons. The first kappa shape index (κ1) is 24.2. The lowest BCUT2D eigenvalue weighted by molar-refractivity contribution is -0.140. The van der Waals surface area contributed by atoms with Crippen LogP contribution in [-0.2, 0) is 14.8 Å². The molecule has 0 spiro atoms. The summed E-state index contributed by atoms with van der Waals surface area (Å²) in [6.07, 6.45) is 2.72. The molecule has 1 N–H and O–H groups in total. The van der Waals surface area contributed by atoms with Gasteiger partial charge in [0.1, 0.15) is 11.3 Å². The van der Waals surface area contributed by atoms with Gasteiger partial charge in [-0.15, -0.1) is 0 Å². The maximum atomic E-state index is 12.8. The van der Waals surface area contributed by atoms with Gasteiger partial charge >= 0.3 is 11.6 Å². The lowest BCUT2D eigenvalue weighted by Gasteiger charge is -2.27. The Hall–Kier alpha value is -3.49. The van der Waals surface area contributed by atoms with E-state index in [9.17, 15) is 18.0 Å². The third kappa shape index (κ3) is 5.05. The number of carbonyl (C=O) groups is 1. The van der Waals surface area contributed by atoms with Crippen LogP contribution in [0.15, 0.2) is 80.8 Å². The Labute approximate surface area is 209 Å². The van der Waals surface area contributed by atoms with Crippen molar-refractivity contribution in [2.75, 3.05) is 6.54 Å². The fraction of sp³-hybridized carbons (Fsp3) is 0.286. The molecule has 1 heterocycles. The first-order valence-corrected chi connectivity index (χ1v) is 13.5. The average Bonchev–Trinajstić information content (AvgIpc) is 2.88. The summed E-state index contributed by atoms with van der Waals surface area (Å²) in [5.41, 5.74) is 0.937. The van der Waals surface area contributed by atoms with Crippen molar-refractivity contribution in [2.24, 2.45) is 11.8 Å². The van der Waals surface area contributed by atoms with Gasteiger partial charge in [-0.25, -0.2) is 17.9 Å². The van der Waals surface area contributed by atoms with Gasteiger partial charge in [-0.2, -0.15) is 0 Å². The van der Waals surface area contributed by atoms with Crippen LogP contribution in [0.2, 0.25) is 0 Å². The Morgan fingerprint density at radius 1 is 0.944 bits per heavy atom. The highest BCUT2D eigenvalue weighted by molar-refractivity contribution is 7.89. The molecule has 1 saturated carbocycles. The van der Waals surface area contributed by atoms with E-state index in [0.717, 1.165) is 29.2 Å². The van der Waals surface area contributed by atoms with E-state index in [0.29, 0.717) is 36.1 Å². The molecule has 1 aliphatic rings. The maximum absolute atomic E-state index is 12.8. The summed E-state index contributed by atoms with van der Waals surface area (Å²) < 4.78 is 38.8. The van der Waals surface area contributed by atoms with Gasteiger partial charge in [-0.3, -0.25) is 4.79 Å². The molecule has 1 aliphatic carbocycles. The molecule has 0 radical (unpaired) electrons. The van der Waals surface area contributed by atoms with E-state index in [1.165, 1.54) is 0 Å². The van der Waals surface area contributed by atoms with Gasteiger partial charge in [0.2, 0.25) is 10.0 Å². The van der Waals surface area contributed by atoms with Crippen molar-refractivity contribution >= 4 is 37.7 Å². The third-order valence-electron chi connectivity index (χ3n) is 6.88. The topological polar surface area (TPSA) is 103 Å². The Morgan fingerprint density at radius 3 is 2.36 bits per heavy atom. The van der Waals surface area contributed by atoms with Gasteiger partial charge in [-0.1, -0.05) is 35.9 Å². The number of hydrogen-bond donors (Lipinski definition) is 1. The fourth-order valence-corrected chi connectivity index (χ4v) is 5.87. The lowest BCUT2D eigenvalue weighted by Crippen LogP contribution is -2.33. The summed E-state index contributed by atoms with van der Waals surface area (Å²) in [7, 11) is -3.55. The lowest BCUT2D eigenvalue weighted by atomic mass is 9.82. The highest BCUT2D eigenvalue weighted by atomic mass is 32.2. The highest BCUT2D eigenvalue weighted by Gasteiger charge is 2.29. The number of esters is 1. The zero-order chi connectivity index (χ0) is 25.3. The van der Waals surface area contributed by atoms with Crippen molar-refractivity contribution in [3.05, 3.63) is 82.7 Å². The zero-order valence-corrected chi connectivity index (χ0v) is 20.7. The molecule has 0 aliphatic heterocycles. The minimum absolute atomic E-state index is 0.164. The van der Waals surface area contributed by atoms with Crippen molar-refractivity contribution < 1.29 is 22.4 Å². The van der Waals surface area contributed by atoms with Crippen molar-refractivity contribution in [1.29, 1.82) is 0 Å². The minimum atomic E-state index is -3.55. The Bertz CT molecular complexity index is 1580. The van der Waals surface area contributed by atoms with Crippen LogP contribution in [0, 0.1) is 18.8 Å². The van der Waals surface area contributed by atoms with Crippen molar-refractivity contribution in [3.63, 3.8) is 0 Å². The van der Waals surface area contributed by atoms with E-state index in [4.69, 9.17) is 9.15 Å². The molecule has 4 aromatic rings. The number of sulfonamides is 1. The van der Waals surface area contributed by atoms with Crippen molar-refractivity contribution in [3.8, 4) is 5.75 Å². The number of rotatable bonds is 6. The zero-order valence-electron chi connectivity index (χ0n) is 19.9. The third-order valence-corrected chi connectivity index (χ3v) is 8.32. The SMILES string of the molecule is Cc1ccc(S(=O)(=O)NCC2CCC(C(=O)Oc3ccc4c(c3)oc(=O)c3ccccc34)CC2)cc1. The largest absolute Gasteiger partial charge is 0.426 e. The smallest absolute Gasteiger partial charge is 0.344 e. The van der Waals surface area contributed by atoms with Gasteiger partial charge in [-0.05, 0) is 74.2 Å². The Balaban J connectivity index is 1.18. The van der Waals surface area contributed by atoms with Crippen LogP contribution in [0.3, 0.4) is 0 Å². The number of aryl methyl sites for hydroxylation is 1. The number of nitrogens with one attached hydrogen (secondary N) is 1. The summed E-state index contributed by atoms with van der Waals surface area (Å²) in [6.45, 7) is 2.25. The van der Waals surface area contributed by atoms with Crippen LogP contribution < -0.4 is 15.1 Å². The Kier molecular flexibility index (Phi) is 6.64. The number of benzene rings is 3. The molecule has 3 aromatic carbocycles. The molecule has 1 fully saturated rings. The van der Waals surface area contributed by atoms with Crippen LogP contribution in [0.4, 0.5) is 0 Å². The van der Waals surface area contributed by atoms with Crippen LogP contribution in [0.1, 0.15) is 31.2 Å². The first-order chi connectivity index (χ1) is 17.3. The second kappa shape index (κ2) is 9.87. The number of carbonyl (C=O) groups excluding carboxylic acids is 1. The summed E-state index contributed by atoms with van der Waals surface area (Å²) in [5.74, 6) is -0.0816. The molecule has 7 nitrogen and oxygen atoms in total. The summed E-state index contributed by atoms with van der Waals surface area (Å²) in [5, 5.41) is 2.07. The molecule has 0 unspecified atom stereocenters. The van der Waals surface area contributed by atoms with Gasteiger partial charge in [0.25, 0.3) is 0 Å². The standard InChI is InChI=1S/C28H27NO6S/c1-18-6-13-22(14-7-18)36(32,33)29-17-19-8-10-20(11-9-19)27(30)34-21-12-15-24-23-4-2-3-5-25(23)28(31)35-26(24)16-21/h2-7,12-16,19-20,29H,8-11,17H2,1H3. The number of ether oxygens (including phenoxy) is 1. The fourth-order valence-electron chi connectivity index (χ4n) is 4.75. The van der Waals surface area contributed by atoms with E-state index in [2.05, 4.69) is 4.72 Å². The minimum Gasteiger partial charge on any atom is -0.426 e. The highest BCUT2D eigenvalue weighted by Crippen LogP contribution is 2.31. The normalized spacial score (nSPS) is 18.4.